The van der Waals surface area contributed by atoms with E-state index in [1.54, 1.807) is 13.2 Å². The van der Waals surface area contributed by atoms with Gasteiger partial charge in [0.1, 0.15) is 11.4 Å². The number of nitrogens with zero attached hydrogens (tertiary/aromatic N) is 4. The van der Waals surface area contributed by atoms with Gasteiger partial charge in [-0.1, -0.05) is 13.8 Å². The molecule has 0 radical (unpaired) electrons. The zero-order valence-corrected chi connectivity index (χ0v) is 17.1. The highest BCUT2D eigenvalue weighted by molar-refractivity contribution is 5.92. The van der Waals surface area contributed by atoms with Gasteiger partial charge >= 0.3 is 0 Å². The van der Waals surface area contributed by atoms with Crippen LogP contribution in [-0.4, -0.2) is 55.7 Å². The Kier molecular flexibility index (Phi) is 6.34. The molecule has 1 N–H and O–H groups in total. The first-order chi connectivity index (χ1) is 13.5. The van der Waals surface area contributed by atoms with E-state index in [4.69, 9.17) is 4.74 Å². The minimum atomic E-state index is -0.141. The molecule has 1 fully saturated rings. The normalized spacial score (nSPS) is 14.3. The molecule has 0 saturated carbocycles. The van der Waals surface area contributed by atoms with Gasteiger partial charge in [0.05, 0.1) is 7.11 Å². The van der Waals surface area contributed by atoms with Gasteiger partial charge < -0.3 is 19.9 Å². The maximum absolute atomic E-state index is 12.4. The molecule has 2 aromatic rings. The molecule has 0 spiro atoms. The van der Waals surface area contributed by atoms with Crippen LogP contribution in [0.25, 0.3) is 0 Å². The Hall–Kier alpha value is -2.83. The quantitative estimate of drug-likeness (QED) is 0.827. The largest absolute Gasteiger partial charge is 0.497 e. The lowest BCUT2D eigenvalue weighted by molar-refractivity contribution is 0.0943. The minimum Gasteiger partial charge on any atom is -0.497 e. The lowest BCUT2D eigenvalue weighted by atomic mass is 10.2. The Morgan fingerprint density at radius 1 is 1.11 bits per heavy atom. The summed E-state index contributed by atoms with van der Waals surface area (Å²) in [4.78, 5) is 25.9. The first kappa shape index (κ1) is 19.9. The van der Waals surface area contributed by atoms with Gasteiger partial charge in [-0.25, -0.2) is 9.97 Å². The lowest BCUT2D eigenvalue weighted by Crippen LogP contribution is -2.47. The van der Waals surface area contributed by atoms with Crippen LogP contribution in [0.1, 0.15) is 30.0 Å². The van der Waals surface area contributed by atoms with Crippen molar-refractivity contribution < 1.29 is 9.53 Å². The molecule has 28 heavy (non-hydrogen) atoms. The van der Waals surface area contributed by atoms with Gasteiger partial charge in [0, 0.05) is 44.1 Å². The molecule has 1 aliphatic rings. The Morgan fingerprint density at radius 3 is 2.36 bits per heavy atom. The molecule has 150 valence electrons. The molecular weight excluding hydrogens is 354 g/mol. The molecule has 7 heteroatoms. The van der Waals surface area contributed by atoms with Crippen LogP contribution in [-0.2, 0) is 0 Å². The number of aryl methyl sites for hydroxylation is 1. The van der Waals surface area contributed by atoms with Crippen LogP contribution in [0.3, 0.4) is 0 Å². The topological polar surface area (TPSA) is 70.6 Å². The molecular formula is C21H29N5O2. The van der Waals surface area contributed by atoms with Crippen LogP contribution in [0.2, 0.25) is 0 Å². The number of carbonyl (C=O) groups excluding carboxylic acids is 1. The van der Waals surface area contributed by atoms with Gasteiger partial charge in [-0.05, 0) is 43.2 Å². The maximum Gasteiger partial charge on any atom is 0.270 e. The van der Waals surface area contributed by atoms with Crippen molar-refractivity contribution in [1.82, 2.24) is 15.3 Å². The fourth-order valence-corrected chi connectivity index (χ4v) is 3.16. The second-order valence-electron chi connectivity index (χ2n) is 7.47. The summed E-state index contributed by atoms with van der Waals surface area (Å²) in [5.74, 6) is 1.75. The van der Waals surface area contributed by atoms with Crippen molar-refractivity contribution in [2.75, 3.05) is 49.6 Å². The molecule has 0 atom stereocenters. The number of anilines is 2. The molecule has 1 saturated heterocycles. The van der Waals surface area contributed by atoms with Crippen LogP contribution < -0.4 is 19.9 Å². The Bertz CT molecular complexity index is 799. The lowest BCUT2D eigenvalue weighted by Gasteiger charge is -2.36. The average molecular weight is 383 g/mol. The van der Waals surface area contributed by atoms with E-state index in [0.29, 0.717) is 24.1 Å². The highest BCUT2D eigenvalue weighted by Crippen LogP contribution is 2.22. The molecule has 7 nitrogen and oxygen atoms in total. The van der Waals surface area contributed by atoms with Crippen molar-refractivity contribution >= 4 is 17.5 Å². The molecule has 1 aliphatic heterocycles. The van der Waals surface area contributed by atoms with Crippen LogP contribution >= 0.6 is 0 Å². The van der Waals surface area contributed by atoms with Crippen molar-refractivity contribution in [2.45, 2.75) is 20.8 Å². The van der Waals surface area contributed by atoms with E-state index in [9.17, 15) is 4.79 Å². The number of amides is 1. The van der Waals surface area contributed by atoms with Crippen LogP contribution in [0.15, 0.2) is 30.3 Å². The number of carbonyl (C=O) groups is 1. The van der Waals surface area contributed by atoms with Crippen molar-refractivity contribution in [1.29, 1.82) is 0 Å². The zero-order chi connectivity index (χ0) is 20.1. The number of hydrogen-bond acceptors (Lipinski definition) is 6. The molecule has 0 aliphatic carbocycles. The van der Waals surface area contributed by atoms with Crippen LogP contribution in [0.4, 0.5) is 11.6 Å². The van der Waals surface area contributed by atoms with Gasteiger partial charge in [-0.15, -0.1) is 0 Å². The molecule has 1 amide bonds. The fraction of sp³-hybridized carbons (Fsp3) is 0.476. The van der Waals surface area contributed by atoms with Crippen molar-refractivity contribution in [3.8, 4) is 5.75 Å². The van der Waals surface area contributed by atoms with Crippen LogP contribution in [0.5, 0.6) is 5.75 Å². The molecule has 0 unspecified atom stereocenters. The summed E-state index contributed by atoms with van der Waals surface area (Å²) >= 11 is 0. The Morgan fingerprint density at radius 2 is 1.75 bits per heavy atom. The van der Waals surface area contributed by atoms with Gasteiger partial charge in [0.2, 0.25) is 5.95 Å². The predicted octanol–water partition coefficient (Wildman–Crippen LogP) is 2.51. The number of nitrogens with one attached hydrogen (secondary N) is 1. The molecule has 0 bridgehead atoms. The number of ether oxygens (including phenoxy) is 1. The molecule has 1 aromatic heterocycles. The summed E-state index contributed by atoms with van der Waals surface area (Å²) in [5.41, 5.74) is 2.41. The van der Waals surface area contributed by atoms with E-state index < -0.39 is 0 Å². The van der Waals surface area contributed by atoms with Crippen molar-refractivity contribution in [2.24, 2.45) is 5.92 Å². The number of methoxy groups -OCH3 is 1. The maximum atomic E-state index is 12.4. The number of piperazine rings is 1. The third-order valence-corrected chi connectivity index (χ3v) is 4.75. The van der Waals surface area contributed by atoms with E-state index in [2.05, 4.69) is 51.1 Å². The number of hydrogen-bond donors (Lipinski definition) is 1. The van der Waals surface area contributed by atoms with E-state index in [1.165, 1.54) is 5.69 Å². The standard InChI is InChI=1S/C21H29N5O2/c1-15(2)14-22-20(27)19-13-16(3)23-21(24-19)26-11-9-25(10-12-26)17-5-7-18(28-4)8-6-17/h5-8,13,15H,9-12,14H2,1-4H3,(H,22,27). The van der Waals surface area contributed by atoms with Gasteiger partial charge in [-0.2, -0.15) is 0 Å². The second kappa shape index (κ2) is 8.91. The molecule has 3 rings (SSSR count). The molecule has 1 aromatic carbocycles. The van der Waals surface area contributed by atoms with E-state index in [-0.39, 0.29) is 5.91 Å². The van der Waals surface area contributed by atoms with E-state index >= 15 is 0 Å². The third-order valence-electron chi connectivity index (χ3n) is 4.75. The Balaban J connectivity index is 1.65. The van der Waals surface area contributed by atoms with Crippen LogP contribution in [0, 0.1) is 12.8 Å². The summed E-state index contributed by atoms with van der Waals surface area (Å²) in [6.45, 7) is 10.0. The summed E-state index contributed by atoms with van der Waals surface area (Å²) in [7, 11) is 1.67. The van der Waals surface area contributed by atoms with Crippen molar-refractivity contribution in [3.63, 3.8) is 0 Å². The highest BCUT2D eigenvalue weighted by Gasteiger charge is 2.21. The van der Waals surface area contributed by atoms with Gasteiger partial charge in [0.15, 0.2) is 0 Å². The summed E-state index contributed by atoms with van der Waals surface area (Å²) < 4.78 is 5.23. The van der Waals surface area contributed by atoms with Crippen molar-refractivity contribution in [3.05, 3.63) is 41.7 Å². The number of rotatable bonds is 6. The summed E-state index contributed by atoms with van der Waals surface area (Å²) in [5, 5.41) is 2.93. The highest BCUT2D eigenvalue weighted by atomic mass is 16.5. The smallest absolute Gasteiger partial charge is 0.270 e. The summed E-state index contributed by atoms with van der Waals surface area (Å²) in [6.07, 6.45) is 0. The minimum absolute atomic E-state index is 0.141. The first-order valence-electron chi connectivity index (χ1n) is 9.74. The SMILES string of the molecule is COc1ccc(N2CCN(c3nc(C)cc(C(=O)NCC(C)C)n3)CC2)cc1. The molecule has 2 heterocycles. The Labute approximate surface area is 166 Å². The zero-order valence-electron chi connectivity index (χ0n) is 17.1. The second-order valence-corrected chi connectivity index (χ2v) is 7.47. The van der Waals surface area contributed by atoms with E-state index in [0.717, 1.165) is 37.6 Å². The third kappa shape index (κ3) is 4.91. The predicted molar refractivity (Wildman–Crippen MR) is 111 cm³/mol. The first-order valence-corrected chi connectivity index (χ1v) is 9.74. The van der Waals surface area contributed by atoms with Gasteiger partial charge in [-0.3, -0.25) is 4.79 Å². The van der Waals surface area contributed by atoms with E-state index in [1.807, 2.05) is 19.1 Å². The fourth-order valence-electron chi connectivity index (χ4n) is 3.16. The monoisotopic (exact) mass is 383 g/mol. The summed E-state index contributed by atoms with van der Waals surface area (Å²) in [6, 6.07) is 9.86. The number of aromatic nitrogens is 2. The average Bonchev–Trinajstić information content (AvgIpc) is 2.71. The van der Waals surface area contributed by atoms with Gasteiger partial charge in [0.25, 0.3) is 5.91 Å². The number of benzene rings is 1.